The first-order valence-electron chi connectivity index (χ1n) is 5.76. The monoisotopic (exact) mass is 197 g/mol. The fraction of sp³-hybridized carbons (Fsp3) is 0.833. The van der Waals surface area contributed by atoms with E-state index >= 15 is 0 Å². The van der Waals surface area contributed by atoms with Gasteiger partial charge < -0.3 is 10.5 Å². The Morgan fingerprint density at radius 1 is 1.64 bits per heavy atom. The van der Waals surface area contributed by atoms with Crippen molar-refractivity contribution in [1.29, 1.82) is 0 Å². The molecule has 2 nitrogen and oxygen atoms in total. The number of hydrogen-bond donors (Lipinski definition) is 1. The molecule has 0 aromatic rings. The quantitative estimate of drug-likeness (QED) is 0.664. The standard InChI is InChI=1S/C12H23NO/c1-3-10(2)9-11(13)6-7-12-5-4-8-14-12/h11-12H,2-9,13H2,1H3. The Balaban J connectivity index is 2.07. The first-order chi connectivity index (χ1) is 6.72. The zero-order valence-corrected chi connectivity index (χ0v) is 9.30. The summed E-state index contributed by atoms with van der Waals surface area (Å²) in [5.41, 5.74) is 7.28. The summed E-state index contributed by atoms with van der Waals surface area (Å²) in [6.45, 7) is 7.06. The highest BCUT2D eigenvalue weighted by Gasteiger charge is 2.16. The first kappa shape index (κ1) is 11.7. The van der Waals surface area contributed by atoms with Gasteiger partial charge >= 0.3 is 0 Å². The Bertz CT molecular complexity index is 173. The molecule has 2 atom stereocenters. The summed E-state index contributed by atoms with van der Waals surface area (Å²) in [6, 6.07) is 0.284. The molecule has 1 heterocycles. The van der Waals surface area contributed by atoms with Gasteiger partial charge in [0.05, 0.1) is 6.10 Å². The second-order valence-electron chi connectivity index (χ2n) is 4.28. The van der Waals surface area contributed by atoms with Crippen LogP contribution in [-0.4, -0.2) is 18.8 Å². The van der Waals surface area contributed by atoms with Gasteiger partial charge in [-0.15, -0.1) is 0 Å². The molecular weight excluding hydrogens is 174 g/mol. The van der Waals surface area contributed by atoms with Crippen molar-refractivity contribution < 1.29 is 4.74 Å². The molecule has 1 aliphatic heterocycles. The van der Waals surface area contributed by atoms with Gasteiger partial charge in [0.15, 0.2) is 0 Å². The van der Waals surface area contributed by atoms with Crippen molar-refractivity contribution in [3.63, 3.8) is 0 Å². The zero-order chi connectivity index (χ0) is 10.4. The van der Waals surface area contributed by atoms with E-state index in [0.29, 0.717) is 6.10 Å². The highest BCUT2D eigenvalue weighted by molar-refractivity contribution is 4.95. The van der Waals surface area contributed by atoms with E-state index in [9.17, 15) is 0 Å². The fourth-order valence-corrected chi connectivity index (χ4v) is 1.89. The average molecular weight is 197 g/mol. The topological polar surface area (TPSA) is 35.2 Å². The molecule has 0 radical (unpaired) electrons. The van der Waals surface area contributed by atoms with Gasteiger partial charge in [-0.2, -0.15) is 0 Å². The average Bonchev–Trinajstić information content (AvgIpc) is 2.67. The third-order valence-corrected chi connectivity index (χ3v) is 2.93. The SMILES string of the molecule is C=C(CC)CC(N)CCC1CCCO1. The van der Waals surface area contributed by atoms with Crippen LogP contribution in [0, 0.1) is 0 Å². The Labute approximate surface area is 87.5 Å². The molecule has 1 rings (SSSR count). The molecule has 0 spiro atoms. The molecule has 1 saturated heterocycles. The minimum atomic E-state index is 0.284. The lowest BCUT2D eigenvalue weighted by Crippen LogP contribution is -2.22. The van der Waals surface area contributed by atoms with E-state index in [1.807, 2.05) is 0 Å². The number of rotatable bonds is 6. The van der Waals surface area contributed by atoms with E-state index in [4.69, 9.17) is 10.5 Å². The van der Waals surface area contributed by atoms with Crippen LogP contribution in [0.4, 0.5) is 0 Å². The van der Waals surface area contributed by atoms with E-state index < -0.39 is 0 Å². The number of ether oxygens (including phenoxy) is 1. The molecule has 1 fully saturated rings. The zero-order valence-electron chi connectivity index (χ0n) is 9.30. The lowest BCUT2D eigenvalue weighted by molar-refractivity contribution is 0.101. The summed E-state index contributed by atoms with van der Waals surface area (Å²) in [4.78, 5) is 0. The van der Waals surface area contributed by atoms with Crippen LogP contribution in [0.5, 0.6) is 0 Å². The minimum absolute atomic E-state index is 0.284. The fourth-order valence-electron chi connectivity index (χ4n) is 1.89. The van der Waals surface area contributed by atoms with Crippen LogP contribution >= 0.6 is 0 Å². The number of nitrogens with two attached hydrogens (primary N) is 1. The van der Waals surface area contributed by atoms with Crippen LogP contribution in [-0.2, 0) is 4.74 Å². The summed E-state index contributed by atoms with van der Waals surface area (Å²) < 4.78 is 5.56. The highest BCUT2D eigenvalue weighted by atomic mass is 16.5. The van der Waals surface area contributed by atoms with E-state index in [1.54, 1.807) is 0 Å². The normalized spacial score (nSPS) is 23.7. The van der Waals surface area contributed by atoms with Crippen molar-refractivity contribution in [2.75, 3.05) is 6.61 Å². The molecule has 0 aliphatic carbocycles. The van der Waals surface area contributed by atoms with Crippen molar-refractivity contribution >= 4 is 0 Å². The third kappa shape index (κ3) is 4.25. The molecule has 82 valence electrons. The predicted molar refractivity (Wildman–Crippen MR) is 60.2 cm³/mol. The molecule has 0 bridgehead atoms. The van der Waals surface area contributed by atoms with Crippen LogP contribution in [0.25, 0.3) is 0 Å². The summed E-state index contributed by atoms with van der Waals surface area (Å²) in [5.74, 6) is 0. The predicted octanol–water partition coefficient (Wildman–Crippen LogP) is 2.63. The van der Waals surface area contributed by atoms with E-state index in [0.717, 1.165) is 32.3 Å². The second kappa shape index (κ2) is 6.20. The van der Waals surface area contributed by atoms with Crippen LogP contribution in [0.3, 0.4) is 0 Å². The summed E-state index contributed by atoms with van der Waals surface area (Å²) in [7, 11) is 0. The van der Waals surface area contributed by atoms with Gasteiger partial charge in [-0.3, -0.25) is 0 Å². The maximum Gasteiger partial charge on any atom is 0.0576 e. The van der Waals surface area contributed by atoms with E-state index in [2.05, 4.69) is 13.5 Å². The Kier molecular flexibility index (Phi) is 5.20. The minimum Gasteiger partial charge on any atom is -0.378 e. The van der Waals surface area contributed by atoms with Gasteiger partial charge in [0.2, 0.25) is 0 Å². The molecule has 14 heavy (non-hydrogen) atoms. The third-order valence-electron chi connectivity index (χ3n) is 2.93. The molecule has 0 aromatic carbocycles. The molecule has 2 heteroatoms. The molecule has 0 amide bonds. The molecule has 2 unspecified atom stereocenters. The smallest absolute Gasteiger partial charge is 0.0576 e. The highest BCUT2D eigenvalue weighted by Crippen LogP contribution is 2.19. The van der Waals surface area contributed by atoms with E-state index in [-0.39, 0.29) is 6.04 Å². The molecule has 0 aromatic heterocycles. The van der Waals surface area contributed by atoms with Crippen LogP contribution in [0.1, 0.15) is 45.4 Å². The lowest BCUT2D eigenvalue weighted by Gasteiger charge is -2.15. The summed E-state index contributed by atoms with van der Waals surface area (Å²) in [5, 5.41) is 0. The second-order valence-corrected chi connectivity index (χ2v) is 4.28. The molecule has 0 saturated carbocycles. The van der Waals surface area contributed by atoms with Crippen LogP contribution in [0.15, 0.2) is 12.2 Å². The van der Waals surface area contributed by atoms with Crippen molar-refractivity contribution in [3.05, 3.63) is 12.2 Å². The van der Waals surface area contributed by atoms with Gasteiger partial charge in [0.25, 0.3) is 0 Å². The lowest BCUT2D eigenvalue weighted by atomic mass is 10.00. The Hall–Kier alpha value is -0.340. The molecule has 2 N–H and O–H groups in total. The Morgan fingerprint density at radius 3 is 3.00 bits per heavy atom. The maximum atomic E-state index is 6.01. The van der Waals surface area contributed by atoms with Gasteiger partial charge in [-0.05, 0) is 38.5 Å². The summed E-state index contributed by atoms with van der Waals surface area (Å²) in [6.07, 6.45) is 7.15. The largest absolute Gasteiger partial charge is 0.378 e. The van der Waals surface area contributed by atoms with Crippen molar-refractivity contribution in [3.8, 4) is 0 Å². The Morgan fingerprint density at radius 2 is 2.43 bits per heavy atom. The van der Waals surface area contributed by atoms with Gasteiger partial charge in [0.1, 0.15) is 0 Å². The van der Waals surface area contributed by atoms with Crippen molar-refractivity contribution in [2.24, 2.45) is 5.73 Å². The van der Waals surface area contributed by atoms with Crippen molar-refractivity contribution in [1.82, 2.24) is 0 Å². The molecular formula is C12H23NO. The van der Waals surface area contributed by atoms with Crippen LogP contribution < -0.4 is 5.73 Å². The summed E-state index contributed by atoms with van der Waals surface area (Å²) >= 11 is 0. The van der Waals surface area contributed by atoms with Crippen molar-refractivity contribution in [2.45, 2.75) is 57.6 Å². The maximum absolute atomic E-state index is 6.01. The van der Waals surface area contributed by atoms with Gasteiger partial charge in [-0.1, -0.05) is 19.1 Å². The van der Waals surface area contributed by atoms with Crippen LogP contribution in [0.2, 0.25) is 0 Å². The number of hydrogen-bond acceptors (Lipinski definition) is 2. The molecule has 1 aliphatic rings. The van der Waals surface area contributed by atoms with Gasteiger partial charge in [0, 0.05) is 12.6 Å². The van der Waals surface area contributed by atoms with Gasteiger partial charge in [-0.25, -0.2) is 0 Å². The first-order valence-corrected chi connectivity index (χ1v) is 5.76. The van der Waals surface area contributed by atoms with E-state index in [1.165, 1.54) is 18.4 Å².